The van der Waals surface area contributed by atoms with Gasteiger partial charge in [-0.25, -0.2) is 9.97 Å². The van der Waals surface area contributed by atoms with Crippen LogP contribution in [0.5, 0.6) is 11.5 Å². The Morgan fingerprint density at radius 1 is 0.906 bits per heavy atom. The summed E-state index contributed by atoms with van der Waals surface area (Å²) < 4.78 is 5.88. The number of unbranched alkanes of at least 4 members (excludes halogenated alkanes) is 2. The molecule has 2 aromatic carbocycles. The maximum atomic E-state index is 12.4. The van der Waals surface area contributed by atoms with E-state index in [0.29, 0.717) is 12.4 Å². The van der Waals surface area contributed by atoms with Crippen molar-refractivity contribution < 1.29 is 9.53 Å². The summed E-state index contributed by atoms with van der Waals surface area (Å²) in [7, 11) is 0. The maximum absolute atomic E-state index is 12.4. The van der Waals surface area contributed by atoms with Crippen LogP contribution in [0.15, 0.2) is 66.9 Å². The van der Waals surface area contributed by atoms with Gasteiger partial charge >= 0.3 is 0 Å². The second-order valence-electron chi connectivity index (χ2n) is 8.01. The van der Waals surface area contributed by atoms with E-state index in [0.717, 1.165) is 68.2 Å². The smallest absolute Gasteiger partial charge is 0.225 e. The molecule has 166 valence electrons. The molecule has 0 aliphatic carbocycles. The molecule has 6 nitrogen and oxygen atoms in total. The lowest BCUT2D eigenvalue weighted by molar-refractivity contribution is -0.131. The van der Waals surface area contributed by atoms with Crippen molar-refractivity contribution in [3.63, 3.8) is 0 Å². The fourth-order valence-electron chi connectivity index (χ4n) is 3.82. The van der Waals surface area contributed by atoms with E-state index in [9.17, 15) is 4.79 Å². The van der Waals surface area contributed by atoms with Gasteiger partial charge in [0.15, 0.2) is 0 Å². The SMILES string of the molecule is CCCCCC(=O)N1CCN(c2nccc(-c3ccc(Oc4ccccc4)cc3)n2)CC1. The number of nitrogens with zero attached hydrogens (tertiary/aromatic N) is 4. The van der Waals surface area contributed by atoms with Gasteiger partial charge in [-0.15, -0.1) is 0 Å². The molecular formula is C26H30N4O2. The first-order valence-corrected chi connectivity index (χ1v) is 11.4. The molecule has 0 saturated carbocycles. The Hall–Kier alpha value is -3.41. The molecule has 1 fully saturated rings. The number of anilines is 1. The summed E-state index contributed by atoms with van der Waals surface area (Å²) in [5.41, 5.74) is 1.89. The van der Waals surface area contributed by atoms with Gasteiger partial charge < -0.3 is 14.5 Å². The van der Waals surface area contributed by atoms with Crippen molar-refractivity contribution in [1.29, 1.82) is 0 Å². The minimum absolute atomic E-state index is 0.269. The summed E-state index contributed by atoms with van der Waals surface area (Å²) in [5.74, 6) is 2.58. The first-order chi connectivity index (χ1) is 15.7. The van der Waals surface area contributed by atoms with E-state index in [1.165, 1.54) is 0 Å². The Labute approximate surface area is 189 Å². The maximum Gasteiger partial charge on any atom is 0.225 e. The summed E-state index contributed by atoms with van der Waals surface area (Å²) in [5, 5.41) is 0. The Balaban J connectivity index is 1.36. The van der Waals surface area contributed by atoms with Gasteiger partial charge in [0.2, 0.25) is 11.9 Å². The third-order valence-corrected chi connectivity index (χ3v) is 5.68. The molecule has 1 amide bonds. The average molecular weight is 431 g/mol. The topological polar surface area (TPSA) is 58.6 Å². The number of ether oxygens (including phenoxy) is 1. The van der Waals surface area contributed by atoms with Crippen LogP contribution in [-0.4, -0.2) is 47.0 Å². The van der Waals surface area contributed by atoms with Crippen LogP contribution in [0, 0.1) is 0 Å². The Morgan fingerprint density at radius 2 is 1.62 bits per heavy atom. The van der Waals surface area contributed by atoms with Crippen molar-refractivity contribution >= 4 is 11.9 Å². The van der Waals surface area contributed by atoms with Crippen molar-refractivity contribution in [2.45, 2.75) is 32.6 Å². The zero-order valence-electron chi connectivity index (χ0n) is 18.6. The van der Waals surface area contributed by atoms with Crippen molar-refractivity contribution in [3.8, 4) is 22.8 Å². The minimum atomic E-state index is 0.269. The molecule has 32 heavy (non-hydrogen) atoms. The second kappa shape index (κ2) is 10.8. The van der Waals surface area contributed by atoms with Crippen LogP contribution >= 0.6 is 0 Å². The highest BCUT2D eigenvalue weighted by molar-refractivity contribution is 5.76. The fraction of sp³-hybridized carbons (Fsp3) is 0.346. The molecule has 0 spiro atoms. The number of hydrogen-bond acceptors (Lipinski definition) is 5. The summed E-state index contributed by atoms with van der Waals surface area (Å²) in [4.78, 5) is 25.8. The third-order valence-electron chi connectivity index (χ3n) is 5.68. The molecule has 0 bridgehead atoms. The number of carbonyl (C=O) groups is 1. The molecule has 2 heterocycles. The summed E-state index contributed by atoms with van der Waals surface area (Å²) in [6.07, 6.45) is 5.69. The number of benzene rings is 2. The summed E-state index contributed by atoms with van der Waals surface area (Å²) in [6.45, 7) is 5.12. The molecule has 0 N–H and O–H groups in total. The van der Waals surface area contributed by atoms with Gasteiger partial charge in [-0.2, -0.15) is 0 Å². The fourth-order valence-corrected chi connectivity index (χ4v) is 3.82. The zero-order chi connectivity index (χ0) is 22.2. The van der Waals surface area contributed by atoms with Gasteiger partial charge in [-0.1, -0.05) is 38.0 Å². The molecule has 1 saturated heterocycles. The van der Waals surface area contributed by atoms with Crippen LogP contribution in [0.25, 0.3) is 11.3 Å². The summed E-state index contributed by atoms with van der Waals surface area (Å²) in [6, 6.07) is 19.6. The summed E-state index contributed by atoms with van der Waals surface area (Å²) >= 11 is 0. The Morgan fingerprint density at radius 3 is 2.34 bits per heavy atom. The standard InChI is InChI=1S/C26H30N4O2/c1-2-3-5-10-25(31)29-17-19-30(20-18-29)26-27-16-15-24(28-26)21-11-13-23(14-12-21)32-22-8-6-4-7-9-22/h4,6-9,11-16H,2-3,5,10,17-20H2,1H3. The largest absolute Gasteiger partial charge is 0.457 e. The highest BCUT2D eigenvalue weighted by Crippen LogP contribution is 2.25. The lowest BCUT2D eigenvalue weighted by Crippen LogP contribution is -2.49. The average Bonchev–Trinajstić information content (AvgIpc) is 2.85. The normalized spacial score (nSPS) is 13.8. The monoisotopic (exact) mass is 430 g/mol. The van der Waals surface area contributed by atoms with Gasteiger partial charge in [0.05, 0.1) is 5.69 Å². The highest BCUT2D eigenvalue weighted by atomic mass is 16.5. The minimum Gasteiger partial charge on any atom is -0.457 e. The van der Waals surface area contributed by atoms with Crippen LogP contribution in [0.1, 0.15) is 32.6 Å². The van der Waals surface area contributed by atoms with Crippen molar-refractivity contribution in [3.05, 3.63) is 66.9 Å². The van der Waals surface area contributed by atoms with E-state index in [2.05, 4.69) is 16.8 Å². The zero-order valence-corrected chi connectivity index (χ0v) is 18.6. The van der Waals surface area contributed by atoms with Crippen LogP contribution in [0.4, 0.5) is 5.95 Å². The van der Waals surface area contributed by atoms with Gasteiger partial charge in [0.25, 0.3) is 0 Å². The van der Waals surface area contributed by atoms with Crippen molar-refractivity contribution in [2.75, 3.05) is 31.1 Å². The molecule has 0 radical (unpaired) electrons. The molecule has 1 aromatic heterocycles. The first-order valence-electron chi connectivity index (χ1n) is 11.4. The van der Waals surface area contributed by atoms with E-state index in [4.69, 9.17) is 9.72 Å². The van der Waals surface area contributed by atoms with Crippen LogP contribution in [-0.2, 0) is 4.79 Å². The molecule has 3 aromatic rings. The van der Waals surface area contributed by atoms with E-state index >= 15 is 0 Å². The number of piperazine rings is 1. The predicted molar refractivity (Wildman–Crippen MR) is 127 cm³/mol. The number of hydrogen-bond donors (Lipinski definition) is 0. The van der Waals surface area contributed by atoms with Gasteiger partial charge in [-0.3, -0.25) is 4.79 Å². The molecule has 0 atom stereocenters. The predicted octanol–water partition coefficient (Wildman–Crippen LogP) is 5.16. The van der Waals surface area contributed by atoms with E-state index < -0.39 is 0 Å². The van der Waals surface area contributed by atoms with Crippen LogP contribution < -0.4 is 9.64 Å². The lowest BCUT2D eigenvalue weighted by Gasteiger charge is -2.35. The number of amides is 1. The molecule has 1 aliphatic heterocycles. The third kappa shape index (κ3) is 5.63. The van der Waals surface area contributed by atoms with E-state index in [-0.39, 0.29) is 5.91 Å². The Kier molecular flexibility index (Phi) is 7.33. The van der Waals surface area contributed by atoms with Gasteiger partial charge in [0, 0.05) is 44.4 Å². The van der Waals surface area contributed by atoms with E-state index in [1.54, 1.807) is 6.20 Å². The van der Waals surface area contributed by atoms with Crippen molar-refractivity contribution in [1.82, 2.24) is 14.9 Å². The molecule has 1 aliphatic rings. The lowest BCUT2D eigenvalue weighted by atomic mass is 10.1. The number of rotatable bonds is 8. The van der Waals surface area contributed by atoms with Crippen LogP contribution in [0.2, 0.25) is 0 Å². The molecule has 4 rings (SSSR count). The van der Waals surface area contributed by atoms with Crippen LogP contribution in [0.3, 0.4) is 0 Å². The quantitative estimate of drug-likeness (QED) is 0.462. The first kappa shape index (κ1) is 21.8. The molecular weight excluding hydrogens is 400 g/mol. The van der Waals surface area contributed by atoms with Gasteiger partial charge in [-0.05, 0) is 48.9 Å². The molecule has 0 unspecified atom stereocenters. The molecule has 6 heteroatoms. The Bertz CT molecular complexity index is 1000. The van der Waals surface area contributed by atoms with E-state index in [1.807, 2.05) is 65.6 Å². The van der Waals surface area contributed by atoms with Crippen molar-refractivity contribution in [2.24, 2.45) is 0 Å². The highest BCUT2D eigenvalue weighted by Gasteiger charge is 2.22. The number of para-hydroxylation sites is 1. The number of aromatic nitrogens is 2. The second-order valence-corrected chi connectivity index (χ2v) is 8.01. The van der Waals surface area contributed by atoms with Gasteiger partial charge in [0.1, 0.15) is 11.5 Å². The number of carbonyl (C=O) groups excluding carboxylic acids is 1.